The highest BCUT2D eigenvalue weighted by molar-refractivity contribution is 9.11. The fraction of sp³-hybridized carbons (Fsp3) is 0. The lowest BCUT2D eigenvalue weighted by Crippen LogP contribution is -1.86. The molecule has 0 heterocycles. The second-order valence-electron chi connectivity index (χ2n) is 1.93. The average molecular weight is 219 g/mol. The van der Waals surface area contributed by atoms with Gasteiger partial charge < -0.3 is 0 Å². The molecular formula is C8H5BrF2. The molecule has 1 rings (SSSR count). The topological polar surface area (TPSA) is 0 Å². The van der Waals surface area contributed by atoms with E-state index in [0.29, 0.717) is 0 Å². The van der Waals surface area contributed by atoms with Crippen LogP contribution in [-0.4, -0.2) is 0 Å². The average Bonchev–Trinajstić information content (AvgIpc) is 1.97. The van der Waals surface area contributed by atoms with Gasteiger partial charge >= 0.3 is 0 Å². The number of hydrogen-bond acceptors (Lipinski definition) is 0. The lowest BCUT2D eigenvalue weighted by Gasteiger charge is -1.96. The largest absolute Gasteiger partial charge is 0.206 e. The van der Waals surface area contributed by atoms with Gasteiger partial charge in [-0.2, -0.15) is 0 Å². The van der Waals surface area contributed by atoms with E-state index in [2.05, 4.69) is 15.9 Å². The molecule has 0 aliphatic heterocycles. The summed E-state index contributed by atoms with van der Waals surface area (Å²) in [5, 5.41) is 0. The Kier molecular flexibility index (Phi) is 2.76. The van der Waals surface area contributed by atoms with E-state index < -0.39 is 11.6 Å². The molecule has 0 aliphatic rings. The third-order valence-corrected chi connectivity index (χ3v) is 1.49. The normalized spacial score (nSPS) is 10.8. The van der Waals surface area contributed by atoms with Crippen LogP contribution >= 0.6 is 15.9 Å². The summed E-state index contributed by atoms with van der Waals surface area (Å²) < 4.78 is 25.5. The van der Waals surface area contributed by atoms with Gasteiger partial charge in [-0.25, -0.2) is 8.78 Å². The molecule has 0 fully saturated rings. The summed E-state index contributed by atoms with van der Waals surface area (Å²) >= 11 is 2.94. The van der Waals surface area contributed by atoms with Crippen molar-refractivity contribution in [2.24, 2.45) is 0 Å². The summed E-state index contributed by atoms with van der Waals surface area (Å²) in [7, 11) is 0. The van der Waals surface area contributed by atoms with Crippen LogP contribution in [0.3, 0.4) is 0 Å². The quantitative estimate of drug-likeness (QED) is 0.679. The molecule has 0 radical (unpaired) electrons. The zero-order valence-electron chi connectivity index (χ0n) is 5.52. The van der Waals surface area contributed by atoms with Crippen molar-refractivity contribution in [2.45, 2.75) is 0 Å². The molecule has 3 heteroatoms. The smallest absolute Gasteiger partial charge is 0.133 e. The summed E-state index contributed by atoms with van der Waals surface area (Å²) in [6.45, 7) is 0. The van der Waals surface area contributed by atoms with Gasteiger partial charge in [-0.15, -0.1) is 0 Å². The molecule has 0 saturated carbocycles. The molecular weight excluding hydrogens is 214 g/mol. The fourth-order valence-electron chi connectivity index (χ4n) is 0.733. The van der Waals surface area contributed by atoms with Crippen LogP contribution in [0.5, 0.6) is 0 Å². The first-order valence-electron chi connectivity index (χ1n) is 2.96. The summed E-state index contributed by atoms with van der Waals surface area (Å²) in [5.41, 5.74) is -0.0237. The van der Waals surface area contributed by atoms with Crippen LogP contribution in [0.1, 0.15) is 5.56 Å². The van der Waals surface area contributed by atoms with Crippen molar-refractivity contribution < 1.29 is 8.78 Å². The summed E-state index contributed by atoms with van der Waals surface area (Å²) in [6.07, 6.45) is 1.32. The lowest BCUT2D eigenvalue weighted by molar-refractivity contribution is 0.579. The van der Waals surface area contributed by atoms with Crippen LogP contribution in [0, 0.1) is 11.6 Å². The van der Waals surface area contributed by atoms with Crippen LogP contribution in [0.4, 0.5) is 8.78 Å². The molecule has 0 nitrogen and oxygen atoms in total. The molecule has 1 aromatic rings. The first kappa shape index (κ1) is 8.40. The van der Waals surface area contributed by atoms with Gasteiger partial charge in [0.15, 0.2) is 0 Å². The van der Waals surface area contributed by atoms with Crippen molar-refractivity contribution in [1.29, 1.82) is 0 Å². The molecule has 1 aromatic carbocycles. The Hall–Kier alpha value is -0.700. The molecule has 0 saturated heterocycles. The molecule has 58 valence electrons. The molecule has 0 unspecified atom stereocenters. The van der Waals surface area contributed by atoms with E-state index in [0.717, 1.165) is 0 Å². The third kappa shape index (κ3) is 1.87. The van der Waals surface area contributed by atoms with Gasteiger partial charge in [-0.1, -0.05) is 22.0 Å². The molecule has 0 amide bonds. The highest BCUT2D eigenvalue weighted by Gasteiger charge is 2.02. The first-order chi connectivity index (χ1) is 5.25. The minimum Gasteiger partial charge on any atom is -0.206 e. The van der Waals surface area contributed by atoms with Gasteiger partial charge in [0, 0.05) is 5.56 Å². The molecule has 0 aliphatic carbocycles. The van der Waals surface area contributed by atoms with Crippen molar-refractivity contribution in [3.63, 3.8) is 0 Å². The van der Waals surface area contributed by atoms with Gasteiger partial charge in [0.25, 0.3) is 0 Å². The van der Waals surface area contributed by atoms with E-state index in [1.807, 2.05) is 0 Å². The zero-order valence-corrected chi connectivity index (χ0v) is 7.11. The lowest BCUT2D eigenvalue weighted by atomic mass is 10.2. The Balaban J connectivity index is 3.20. The Morgan fingerprint density at radius 1 is 1.18 bits per heavy atom. The monoisotopic (exact) mass is 218 g/mol. The van der Waals surface area contributed by atoms with Crippen molar-refractivity contribution in [1.82, 2.24) is 0 Å². The van der Waals surface area contributed by atoms with E-state index in [9.17, 15) is 8.78 Å². The predicted molar refractivity (Wildman–Crippen MR) is 44.3 cm³/mol. The Morgan fingerprint density at radius 2 is 1.73 bits per heavy atom. The van der Waals surface area contributed by atoms with Gasteiger partial charge in [0.2, 0.25) is 0 Å². The zero-order chi connectivity index (χ0) is 8.27. The highest BCUT2D eigenvalue weighted by Crippen LogP contribution is 2.13. The molecule has 11 heavy (non-hydrogen) atoms. The first-order valence-corrected chi connectivity index (χ1v) is 3.88. The highest BCUT2D eigenvalue weighted by atomic mass is 79.9. The van der Waals surface area contributed by atoms with E-state index in [4.69, 9.17) is 0 Å². The fourth-order valence-corrected chi connectivity index (χ4v) is 0.997. The van der Waals surface area contributed by atoms with E-state index >= 15 is 0 Å². The van der Waals surface area contributed by atoms with E-state index in [1.54, 1.807) is 0 Å². The summed E-state index contributed by atoms with van der Waals surface area (Å²) in [5.74, 6) is -1.11. The molecule has 0 spiro atoms. The number of hydrogen-bond donors (Lipinski definition) is 0. The third-order valence-electron chi connectivity index (χ3n) is 1.23. The molecule has 0 N–H and O–H groups in total. The van der Waals surface area contributed by atoms with Crippen LogP contribution in [0.25, 0.3) is 6.08 Å². The van der Waals surface area contributed by atoms with Gasteiger partial charge in [-0.3, -0.25) is 0 Å². The van der Waals surface area contributed by atoms with Crippen molar-refractivity contribution >= 4 is 22.0 Å². The van der Waals surface area contributed by atoms with E-state index in [1.165, 1.54) is 29.3 Å². The van der Waals surface area contributed by atoms with Crippen LogP contribution < -0.4 is 0 Å². The van der Waals surface area contributed by atoms with Gasteiger partial charge in [0.1, 0.15) is 11.6 Å². The maximum Gasteiger partial charge on any atom is 0.133 e. The number of rotatable bonds is 1. The maximum atomic E-state index is 12.7. The molecule has 0 atom stereocenters. The van der Waals surface area contributed by atoms with Crippen molar-refractivity contribution in [2.75, 3.05) is 0 Å². The molecule has 0 aromatic heterocycles. The minimum atomic E-state index is -0.555. The Bertz CT molecular complexity index is 261. The summed E-state index contributed by atoms with van der Waals surface area (Å²) in [4.78, 5) is 1.41. The number of benzene rings is 1. The Labute approximate surface area is 71.7 Å². The van der Waals surface area contributed by atoms with Crippen molar-refractivity contribution in [3.05, 3.63) is 40.4 Å². The second-order valence-corrected chi connectivity index (χ2v) is 2.46. The van der Waals surface area contributed by atoms with Gasteiger partial charge in [-0.05, 0) is 23.2 Å². The Morgan fingerprint density at radius 3 is 2.18 bits per heavy atom. The minimum absolute atomic E-state index is 0.0237. The van der Waals surface area contributed by atoms with Crippen LogP contribution in [0.2, 0.25) is 0 Å². The van der Waals surface area contributed by atoms with Crippen molar-refractivity contribution in [3.8, 4) is 0 Å². The maximum absolute atomic E-state index is 12.7. The second kappa shape index (κ2) is 3.62. The summed E-state index contributed by atoms with van der Waals surface area (Å²) in [6, 6.07) is 3.76. The molecule has 0 bridgehead atoms. The number of halogens is 3. The SMILES string of the molecule is Fc1cccc(F)c1/C=C/Br. The van der Waals surface area contributed by atoms with Gasteiger partial charge in [0.05, 0.1) is 0 Å². The standard InChI is InChI=1S/C8H5BrF2/c9-5-4-6-7(10)2-1-3-8(6)11/h1-5H/b5-4+. The van der Waals surface area contributed by atoms with E-state index in [-0.39, 0.29) is 5.56 Å². The predicted octanol–water partition coefficient (Wildman–Crippen LogP) is 3.33. The van der Waals surface area contributed by atoms with Crippen LogP contribution in [0.15, 0.2) is 23.2 Å². The van der Waals surface area contributed by atoms with Crippen LogP contribution in [-0.2, 0) is 0 Å².